The lowest BCUT2D eigenvalue weighted by molar-refractivity contribution is -0.384. The van der Waals surface area contributed by atoms with Crippen molar-refractivity contribution >= 4 is 56.9 Å². The van der Waals surface area contributed by atoms with E-state index in [9.17, 15) is 10.1 Å². The summed E-state index contributed by atoms with van der Waals surface area (Å²) in [6.45, 7) is 0. The normalized spacial score (nSPS) is 11.1. The van der Waals surface area contributed by atoms with Gasteiger partial charge in [-0.1, -0.05) is 23.4 Å². The third kappa shape index (κ3) is 4.72. The summed E-state index contributed by atoms with van der Waals surface area (Å²) >= 11 is 10.8. The van der Waals surface area contributed by atoms with Gasteiger partial charge in [-0.25, -0.2) is 0 Å². The van der Waals surface area contributed by atoms with Crippen LogP contribution in [0.1, 0.15) is 5.76 Å². The van der Waals surface area contributed by atoms with Crippen molar-refractivity contribution in [2.45, 2.75) is 9.99 Å². The predicted octanol–water partition coefficient (Wildman–Crippen LogP) is 6.51. The zero-order valence-corrected chi connectivity index (χ0v) is 15.7. The molecule has 0 fully saturated rings. The Bertz CT molecular complexity index is 924. The fourth-order valence-corrected chi connectivity index (χ4v) is 3.37. The Morgan fingerprint density at radius 3 is 2.48 bits per heavy atom. The van der Waals surface area contributed by atoms with Crippen LogP contribution in [-0.2, 0) is 0 Å². The number of nitrogens with zero attached hydrogens (tertiary/aromatic N) is 2. The standard InChI is InChI=1S/C17H10BrClN2O3S/c18-16-9-14(10-20-12-3-5-13(6-4-12)21(22)23)24-17(16)25-15-7-1-11(19)2-8-15/h1-10H. The highest BCUT2D eigenvalue weighted by Crippen LogP contribution is 2.36. The molecule has 1 aromatic heterocycles. The number of nitro groups is 1. The van der Waals surface area contributed by atoms with Crippen LogP contribution in [0.3, 0.4) is 0 Å². The van der Waals surface area contributed by atoms with Gasteiger partial charge in [0.25, 0.3) is 5.69 Å². The summed E-state index contributed by atoms with van der Waals surface area (Å²) in [5, 5.41) is 12.0. The van der Waals surface area contributed by atoms with E-state index in [0.717, 1.165) is 9.37 Å². The Kier molecular flexibility index (Phi) is 5.57. The summed E-state index contributed by atoms with van der Waals surface area (Å²) in [6, 6.07) is 15.2. The van der Waals surface area contributed by atoms with E-state index in [1.165, 1.54) is 23.9 Å². The van der Waals surface area contributed by atoms with Gasteiger partial charge in [0.2, 0.25) is 0 Å². The molecule has 0 amide bonds. The Morgan fingerprint density at radius 1 is 1.16 bits per heavy atom. The quantitative estimate of drug-likeness (QED) is 0.259. The number of rotatable bonds is 5. The Morgan fingerprint density at radius 2 is 1.84 bits per heavy atom. The van der Waals surface area contributed by atoms with Crippen molar-refractivity contribution in [3.63, 3.8) is 0 Å². The summed E-state index contributed by atoms with van der Waals surface area (Å²) in [5.41, 5.74) is 0.631. The number of aliphatic imine (C=N–C) groups is 1. The molecule has 0 bridgehead atoms. The largest absolute Gasteiger partial charge is 0.447 e. The summed E-state index contributed by atoms with van der Waals surface area (Å²) in [7, 11) is 0. The highest BCUT2D eigenvalue weighted by Gasteiger charge is 2.10. The molecule has 0 aliphatic heterocycles. The number of benzene rings is 2. The highest BCUT2D eigenvalue weighted by molar-refractivity contribution is 9.10. The second kappa shape index (κ2) is 7.86. The zero-order chi connectivity index (χ0) is 17.8. The average molecular weight is 438 g/mol. The first-order valence-corrected chi connectivity index (χ1v) is 9.01. The van der Waals surface area contributed by atoms with Gasteiger partial charge in [0.15, 0.2) is 5.09 Å². The molecule has 0 aliphatic carbocycles. The second-order valence-corrected chi connectivity index (χ2v) is 7.21. The maximum absolute atomic E-state index is 10.6. The highest BCUT2D eigenvalue weighted by atomic mass is 79.9. The molecule has 3 aromatic rings. The Balaban J connectivity index is 1.73. The molecule has 8 heteroatoms. The molecular weight excluding hydrogens is 428 g/mol. The van der Waals surface area contributed by atoms with E-state index in [0.29, 0.717) is 21.6 Å². The van der Waals surface area contributed by atoms with Crippen LogP contribution in [0, 0.1) is 10.1 Å². The minimum atomic E-state index is -0.447. The van der Waals surface area contributed by atoms with Gasteiger partial charge in [-0.2, -0.15) is 0 Å². The van der Waals surface area contributed by atoms with Gasteiger partial charge < -0.3 is 4.42 Å². The van der Waals surface area contributed by atoms with E-state index in [-0.39, 0.29) is 5.69 Å². The summed E-state index contributed by atoms with van der Waals surface area (Å²) in [4.78, 5) is 15.5. The SMILES string of the molecule is O=[N+]([O-])c1ccc(N=Cc2cc(Br)c(Sc3ccc(Cl)cc3)o2)cc1. The summed E-state index contributed by atoms with van der Waals surface area (Å²) in [5.74, 6) is 0.571. The van der Waals surface area contributed by atoms with Crippen LogP contribution in [0.25, 0.3) is 0 Å². The molecule has 0 radical (unpaired) electrons. The zero-order valence-electron chi connectivity index (χ0n) is 12.6. The van der Waals surface area contributed by atoms with Crippen molar-refractivity contribution in [3.8, 4) is 0 Å². The molecule has 5 nitrogen and oxygen atoms in total. The van der Waals surface area contributed by atoms with Crippen LogP contribution in [0.5, 0.6) is 0 Å². The molecule has 0 aliphatic rings. The maximum atomic E-state index is 10.6. The van der Waals surface area contributed by atoms with E-state index in [1.54, 1.807) is 18.3 Å². The van der Waals surface area contributed by atoms with Crippen LogP contribution in [0.4, 0.5) is 11.4 Å². The van der Waals surface area contributed by atoms with E-state index in [1.807, 2.05) is 30.3 Å². The second-order valence-electron chi connectivity index (χ2n) is 4.87. The lowest BCUT2D eigenvalue weighted by Crippen LogP contribution is -1.85. The minimum Gasteiger partial charge on any atom is -0.447 e. The predicted molar refractivity (Wildman–Crippen MR) is 102 cm³/mol. The van der Waals surface area contributed by atoms with Crippen molar-refractivity contribution in [2.75, 3.05) is 0 Å². The fraction of sp³-hybridized carbons (Fsp3) is 0. The van der Waals surface area contributed by atoms with E-state index < -0.39 is 4.92 Å². The Labute approximate surface area is 161 Å². The van der Waals surface area contributed by atoms with E-state index >= 15 is 0 Å². The average Bonchev–Trinajstić information content (AvgIpc) is 2.95. The monoisotopic (exact) mass is 436 g/mol. The lowest BCUT2D eigenvalue weighted by atomic mass is 10.3. The minimum absolute atomic E-state index is 0.0290. The third-order valence-electron chi connectivity index (χ3n) is 3.10. The topological polar surface area (TPSA) is 68.6 Å². The van der Waals surface area contributed by atoms with Gasteiger partial charge in [0.05, 0.1) is 21.3 Å². The number of hydrogen-bond acceptors (Lipinski definition) is 5. The summed E-state index contributed by atoms with van der Waals surface area (Å²) < 4.78 is 6.58. The van der Waals surface area contributed by atoms with Crippen LogP contribution < -0.4 is 0 Å². The molecule has 0 N–H and O–H groups in total. The molecule has 0 atom stereocenters. The van der Waals surface area contributed by atoms with Crippen molar-refractivity contribution in [3.05, 3.63) is 80.0 Å². The Hall–Kier alpha value is -2.09. The molecule has 0 saturated carbocycles. The van der Waals surface area contributed by atoms with Crippen molar-refractivity contribution in [2.24, 2.45) is 4.99 Å². The number of hydrogen-bond donors (Lipinski definition) is 0. The lowest BCUT2D eigenvalue weighted by Gasteiger charge is -1.98. The molecule has 0 unspecified atom stereocenters. The summed E-state index contributed by atoms with van der Waals surface area (Å²) in [6.07, 6.45) is 1.57. The first-order chi connectivity index (χ1) is 12.0. The van der Waals surface area contributed by atoms with Gasteiger partial charge in [0, 0.05) is 28.1 Å². The molecule has 0 saturated heterocycles. The molecule has 2 aromatic carbocycles. The molecule has 3 rings (SSSR count). The third-order valence-corrected chi connectivity index (χ3v) is 5.20. The number of halogens is 2. The van der Waals surface area contributed by atoms with E-state index in [2.05, 4.69) is 20.9 Å². The van der Waals surface area contributed by atoms with Gasteiger partial charge in [-0.05, 0) is 52.3 Å². The first kappa shape index (κ1) is 17.7. The number of nitro benzene ring substituents is 1. The van der Waals surface area contributed by atoms with Gasteiger partial charge in [-0.3, -0.25) is 15.1 Å². The van der Waals surface area contributed by atoms with Gasteiger partial charge >= 0.3 is 0 Å². The fourth-order valence-electron chi connectivity index (χ4n) is 1.91. The van der Waals surface area contributed by atoms with Crippen LogP contribution >= 0.6 is 39.3 Å². The number of furan rings is 1. The van der Waals surface area contributed by atoms with Crippen molar-refractivity contribution in [1.29, 1.82) is 0 Å². The van der Waals surface area contributed by atoms with Gasteiger partial charge in [-0.15, -0.1) is 0 Å². The van der Waals surface area contributed by atoms with Crippen LogP contribution in [0.15, 0.2) is 78.5 Å². The molecule has 1 heterocycles. The first-order valence-electron chi connectivity index (χ1n) is 7.02. The van der Waals surface area contributed by atoms with E-state index in [4.69, 9.17) is 16.0 Å². The van der Waals surface area contributed by atoms with Crippen molar-refractivity contribution < 1.29 is 9.34 Å². The molecule has 25 heavy (non-hydrogen) atoms. The van der Waals surface area contributed by atoms with Crippen LogP contribution in [-0.4, -0.2) is 11.1 Å². The number of non-ortho nitro benzene ring substituents is 1. The van der Waals surface area contributed by atoms with Crippen molar-refractivity contribution in [1.82, 2.24) is 0 Å². The molecule has 0 spiro atoms. The molecular formula is C17H10BrClN2O3S. The van der Waals surface area contributed by atoms with Gasteiger partial charge in [0.1, 0.15) is 5.76 Å². The smallest absolute Gasteiger partial charge is 0.269 e. The molecule has 126 valence electrons. The maximum Gasteiger partial charge on any atom is 0.269 e. The van der Waals surface area contributed by atoms with Crippen LogP contribution in [0.2, 0.25) is 5.02 Å².